The van der Waals surface area contributed by atoms with Crippen LogP contribution in [0.1, 0.15) is 109 Å². The van der Waals surface area contributed by atoms with Gasteiger partial charge in [0.25, 0.3) is 0 Å². The smallest absolute Gasteiger partial charge is 0.408 e. The van der Waals surface area contributed by atoms with Gasteiger partial charge in [0.1, 0.15) is 55.4 Å². The first-order chi connectivity index (χ1) is 44.4. The second-order valence-electron chi connectivity index (χ2n) is 24.6. The molecule has 0 heterocycles. The van der Waals surface area contributed by atoms with Crippen molar-refractivity contribution in [3.8, 4) is 0 Å². The van der Waals surface area contributed by atoms with E-state index in [-0.39, 0.29) is 76.3 Å². The van der Waals surface area contributed by atoms with Crippen LogP contribution in [-0.2, 0) is 90.0 Å². The van der Waals surface area contributed by atoms with E-state index in [2.05, 4.69) is 47.9 Å². The minimum absolute atomic E-state index is 0.00517. The third kappa shape index (κ3) is 27.1. The van der Waals surface area contributed by atoms with Crippen LogP contribution in [0.4, 0.5) is 4.79 Å². The number of hydrogen-bond donors (Lipinski definition) is 9. The zero-order chi connectivity index (χ0) is 67.8. The molecular formula is C71H93N9O13. The van der Waals surface area contributed by atoms with E-state index >= 15 is 0 Å². The average Bonchev–Trinajstić information content (AvgIpc) is 0.984. The van der Waals surface area contributed by atoms with Gasteiger partial charge in [-0.25, -0.2) is 9.59 Å². The van der Waals surface area contributed by atoms with Gasteiger partial charge in [0.05, 0.1) is 25.9 Å². The molecule has 0 aliphatic heterocycles. The lowest BCUT2D eigenvalue weighted by Gasteiger charge is -2.30. The van der Waals surface area contributed by atoms with Crippen molar-refractivity contribution in [2.75, 3.05) is 13.2 Å². The van der Waals surface area contributed by atoms with Gasteiger partial charge >= 0.3 is 12.1 Å². The van der Waals surface area contributed by atoms with Crippen LogP contribution < -0.4 is 47.9 Å². The zero-order valence-corrected chi connectivity index (χ0v) is 54.7. The fourth-order valence-electron chi connectivity index (χ4n) is 9.91. The van der Waals surface area contributed by atoms with Crippen molar-refractivity contribution in [1.29, 1.82) is 0 Å². The van der Waals surface area contributed by atoms with Crippen molar-refractivity contribution in [3.63, 3.8) is 0 Å². The molecule has 0 saturated heterocycles. The van der Waals surface area contributed by atoms with Gasteiger partial charge in [0, 0.05) is 12.8 Å². The number of hydrogen-bond acceptors (Lipinski definition) is 13. The summed E-state index contributed by atoms with van der Waals surface area (Å²) in [5, 5.41) is 24.2. The normalized spacial score (nSPS) is 13.7. The molecule has 0 bridgehead atoms. The first kappa shape index (κ1) is 74.3. The topological polar surface area (TPSA) is 307 Å². The second-order valence-corrected chi connectivity index (χ2v) is 24.6. The standard InChI is InChI=1S/C71H93N9O13/c1-45(2)35-55(63(82)73-44-74-71(90)93-43-54-33-23-14-24-34-54)64(83)76-56(36-46(3)4)65(84)72-40-60(81)75-57(38-50-25-15-10-16-26-50)66(85)79-61(48(7)8)68(87)77-58(39-51-27-17-11-18-28-51)67(86)80-62(49(9)91-41-52-29-19-12-20-30-52)69(88)78-59(37-47(5)6)70(89)92-42-53-31-21-13-22-32-53/h10-34,45-49,55-59,61-62H,35-44H2,1-9H3,(H,72,84)(H,73,82)(H,74,90)(H,75,81)(H,76,83)(H,77,87)(H,78,88)(H,79,85)(H,80,86)/t49-,55?,56+,57+,58+,59+,61+,62+/m1/s1. The Balaban J connectivity index is 1.30. The lowest BCUT2D eigenvalue weighted by Crippen LogP contribution is -2.62. The highest BCUT2D eigenvalue weighted by atomic mass is 16.5. The largest absolute Gasteiger partial charge is 0.459 e. The molecule has 5 rings (SSSR count). The lowest BCUT2D eigenvalue weighted by atomic mass is 9.94. The summed E-state index contributed by atoms with van der Waals surface area (Å²) >= 11 is 0. The number of carbonyl (C=O) groups excluding carboxylic acids is 10. The van der Waals surface area contributed by atoms with Crippen molar-refractivity contribution in [3.05, 3.63) is 179 Å². The predicted molar refractivity (Wildman–Crippen MR) is 351 cm³/mol. The molecule has 93 heavy (non-hydrogen) atoms. The van der Waals surface area contributed by atoms with E-state index in [0.29, 0.717) is 11.1 Å². The average molecular weight is 1280 g/mol. The van der Waals surface area contributed by atoms with E-state index in [1.807, 2.05) is 108 Å². The van der Waals surface area contributed by atoms with E-state index in [1.165, 1.54) is 0 Å². The molecule has 0 radical (unpaired) electrons. The monoisotopic (exact) mass is 1280 g/mol. The van der Waals surface area contributed by atoms with Crippen molar-refractivity contribution in [1.82, 2.24) is 47.9 Å². The summed E-state index contributed by atoms with van der Waals surface area (Å²) in [6.07, 6.45) is -1.45. The zero-order valence-electron chi connectivity index (χ0n) is 54.7. The second kappa shape index (κ2) is 39.1. The van der Waals surface area contributed by atoms with Gasteiger partial charge in [0.2, 0.25) is 47.3 Å². The molecule has 9 N–H and O–H groups in total. The number of ether oxygens (including phenoxy) is 3. The maximum atomic E-state index is 14.9. The van der Waals surface area contributed by atoms with Gasteiger partial charge in [-0.05, 0) is 77.7 Å². The van der Waals surface area contributed by atoms with E-state index in [1.54, 1.807) is 106 Å². The van der Waals surface area contributed by atoms with Crippen molar-refractivity contribution < 1.29 is 62.2 Å². The maximum Gasteiger partial charge on any atom is 0.408 e. The van der Waals surface area contributed by atoms with Gasteiger partial charge in [0.15, 0.2) is 0 Å². The van der Waals surface area contributed by atoms with Crippen molar-refractivity contribution in [2.45, 2.75) is 157 Å². The number of amides is 9. The summed E-state index contributed by atoms with van der Waals surface area (Å²) in [5.74, 6) is -8.88. The number of esters is 1. The van der Waals surface area contributed by atoms with Gasteiger partial charge in [-0.15, -0.1) is 0 Å². The summed E-state index contributed by atoms with van der Waals surface area (Å²) in [6, 6.07) is 37.3. The van der Waals surface area contributed by atoms with E-state index in [4.69, 9.17) is 14.2 Å². The third-order valence-corrected chi connectivity index (χ3v) is 14.8. The molecule has 1 unspecified atom stereocenters. The molecule has 0 aliphatic rings. The Labute approximate surface area is 546 Å². The minimum atomic E-state index is -1.42. The molecule has 0 fully saturated rings. The van der Waals surface area contributed by atoms with Crippen LogP contribution in [0.25, 0.3) is 0 Å². The van der Waals surface area contributed by atoms with Gasteiger partial charge in [-0.3, -0.25) is 38.4 Å². The molecule has 22 heteroatoms. The maximum absolute atomic E-state index is 14.9. The van der Waals surface area contributed by atoms with Crippen LogP contribution in [0.2, 0.25) is 0 Å². The molecule has 22 nitrogen and oxygen atoms in total. The Bertz CT molecular complexity index is 3180. The summed E-state index contributed by atoms with van der Waals surface area (Å²) < 4.78 is 17.1. The Kier molecular flexibility index (Phi) is 31.2. The molecular weight excluding hydrogens is 1190 g/mol. The quantitative estimate of drug-likeness (QED) is 0.0121. The van der Waals surface area contributed by atoms with Crippen LogP contribution in [0.3, 0.4) is 0 Å². The third-order valence-electron chi connectivity index (χ3n) is 14.8. The number of nitrogens with one attached hydrogen (secondary N) is 9. The summed E-state index contributed by atoms with van der Waals surface area (Å²) in [4.78, 5) is 140. The molecule has 0 aliphatic carbocycles. The summed E-state index contributed by atoms with van der Waals surface area (Å²) in [7, 11) is 0. The summed E-state index contributed by atoms with van der Waals surface area (Å²) in [6.45, 7) is 15.2. The van der Waals surface area contributed by atoms with Gasteiger partial charge in [-0.1, -0.05) is 207 Å². The van der Waals surface area contributed by atoms with Crippen molar-refractivity contribution in [2.24, 2.45) is 29.6 Å². The highest BCUT2D eigenvalue weighted by Crippen LogP contribution is 2.17. The van der Waals surface area contributed by atoms with E-state index in [0.717, 1.165) is 16.7 Å². The first-order valence-corrected chi connectivity index (χ1v) is 31.7. The SMILES string of the molecule is CC(C)CC(C(=O)NCNC(=O)OCc1ccccc1)C(=O)N[C@@H](CC(C)C)C(=O)NCC(=O)N[C@@H](Cc1ccccc1)C(=O)N[C@H](C(=O)N[C@@H](Cc1ccccc1)C(=O)N[C@H](C(=O)N[C@@H](CC(C)C)C(=O)OCc1ccccc1)[C@@H](C)OCc1ccccc1)C(C)C. The van der Waals surface area contributed by atoms with Crippen LogP contribution in [-0.4, -0.2) is 115 Å². The van der Waals surface area contributed by atoms with E-state index < -0.39 is 120 Å². The summed E-state index contributed by atoms with van der Waals surface area (Å²) in [5.41, 5.74) is 3.60. The van der Waals surface area contributed by atoms with E-state index in [9.17, 15) is 47.9 Å². The van der Waals surface area contributed by atoms with Gasteiger partial charge < -0.3 is 62.1 Å². The highest BCUT2D eigenvalue weighted by molar-refractivity contribution is 6.02. The predicted octanol–water partition coefficient (Wildman–Crippen LogP) is 6.26. The first-order valence-electron chi connectivity index (χ1n) is 31.7. The Morgan fingerprint density at radius 2 is 0.763 bits per heavy atom. The highest BCUT2D eigenvalue weighted by Gasteiger charge is 2.37. The molecule has 0 spiro atoms. The van der Waals surface area contributed by atoms with Crippen molar-refractivity contribution >= 4 is 59.3 Å². The number of rotatable bonds is 37. The van der Waals surface area contributed by atoms with Crippen LogP contribution in [0, 0.1) is 29.6 Å². The van der Waals surface area contributed by atoms with Gasteiger partial charge in [-0.2, -0.15) is 0 Å². The lowest BCUT2D eigenvalue weighted by molar-refractivity contribution is -0.150. The van der Waals surface area contributed by atoms with Crippen LogP contribution in [0.5, 0.6) is 0 Å². The number of benzene rings is 5. The Morgan fingerprint density at radius 3 is 1.25 bits per heavy atom. The molecule has 9 amide bonds. The molecule has 5 aromatic carbocycles. The van der Waals surface area contributed by atoms with Crippen LogP contribution in [0.15, 0.2) is 152 Å². The molecule has 0 saturated carbocycles. The minimum Gasteiger partial charge on any atom is -0.459 e. The molecule has 8 atom stereocenters. The number of carbonyl (C=O) groups is 10. The fraction of sp³-hybridized carbons (Fsp3) is 0.437. The Morgan fingerprint density at radius 1 is 0.355 bits per heavy atom. The number of alkyl carbamates (subject to hydrolysis) is 1. The molecule has 500 valence electrons. The Hall–Kier alpha value is -9.44. The fourth-order valence-corrected chi connectivity index (χ4v) is 9.91. The van der Waals surface area contributed by atoms with Crippen LogP contribution >= 0.6 is 0 Å². The molecule has 0 aromatic heterocycles. The molecule has 5 aromatic rings.